The lowest BCUT2D eigenvalue weighted by Gasteiger charge is -2.53. The maximum Gasteiger partial charge on any atom is 0.338 e. The van der Waals surface area contributed by atoms with Crippen LogP contribution in [0.25, 0.3) is 0 Å². The number of β-lactam (4-membered cyclic amide) rings is 1. The molecular formula is C34H45N3O5. The first-order chi connectivity index (χ1) is 20.2. The zero-order valence-electron chi connectivity index (χ0n) is 25.4. The lowest BCUT2D eigenvalue weighted by Crippen LogP contribution is -2.73. The topological polar surface area (TPSA) is 88.2 Å². The van der Waals surface area contributed by atoms with Crippen LogP contribution in [-0.2, 0) is 9.53 Å². The molecule has 0 aromatic heterocycles. The number of carbonyl (C=O) groups is 3. The molecule has 3 rings (SSSR count). The number of likely N-dealkylation sites (tertiary alicyclic amines) is 1. The van der Waals surface area contributed by atoms with Gasteiger partial charge in [0.25, 0.3) is 0 Å². The van der Waals surface area contributed by atoms with Crippen LogP contribution >= 0.6 is 0 Å². The number of carbonyl (C=O) groups excluding carboxylic acids is 3. The van der Waals surface area contributed by atoms with Crippen LogP contribution in [0.3, 0.4) is 0 Å². The van der Waals surface area contributed by atoms with E-state index in [0.717, 1.165) is 24.0 Å². The van der Waals surface area contributed by atoms with Gasteiger partial charge in [0, 0.05) is 19.6 Å². The van der Waals surface area contributed by atoms with Crippen molar-refractivity contribution in [2.24, 2.45) is 5.41 Å². The van der Waals surface area contributed by atoms with E-state index >= 15 is 0 Å². The molecule has 1 aliphatic rings. The van der Waals surface area contributed by atoms with E-state index in [-0.39, 0.29) is 18.6 Å². The molecule has 1 saturated heterocycles. The highest BCUT2D eigenvalue weighted by molar-refractivity contribution is 6.03. The summed E-state index contributed by atoms with van der Waals surface area (Å²) in [4.78, 5) is 42.7. The first kappa shape index (κ1) is 32.6. The van der Waals surface area contributed by atoms with Gasteiger partial charge in [0.2, 0.25) is 5.91 Å². The van der Waals surface area contributed by atoms with Crippen molar-refractivity contribution in [1.29, 1.82) is 0 Å². The summed E-state index contributed by atoms with van der Waals surface area (Å²) >= 11 is 0. The number of nitrogens with zero attached hydrogens (tertiary/aromatic N) is 2. The smallest absolute Gasteiger partial charge is 0.338 e. The molecule has 2 aromatic carbocycles. The summed E-state index contributed by atoms with van der Waals surface area (Å²) in [6, 6.07) is 14.0. The van der Waals surface area contributed by atoms with Gasteiger partial charge in [-0.15, -0.1) is 13.2 Å². The SMILES string of the molecule is C=CCN(CC=C)CCOC(=O)c1ccc(O[C@@H]2N(C(=O)N[C@H](CCC)c3ccc(C)cc3)C(=O)C2(CC)CC)cc1. The maximum atomic E-state index is 13.5. The molecule has 1 heterocycles. The van der Waals surface area contributed by atoms with Crippen LogP contribution in [0.2, 0.25) is 0 Å². The molecule has 2 aromatic rings. The third-order valence-electron chi connectivity index (χ3n) is 7.94. The summed E-state index contributed by atoms with van der Waals surface area (Å²) in [5.74, 6) is -0.218. The quantitative estimate of drug-likeness (QED) is 0.141. The number of hydrogen-bond acceptors (Lipinski definition) is 6. The summed E-state index contributed by atoms with van der Waals surface area (Å²) in [6.45, 7) is 17.6. The van der Waals surface area contributed by atoms with Gasteiger partial charge in [-0.25, -0.2) is 14.5 Å². The van der Waals surface area contributed by atoms with Gasteiger partial charge >= 0.3 is 12.0 Å². The third-order valence-corrected chi connectivity index (χ3v) is 7.94. The number of imide groups is 1. The fourth-order valence-electron chi connectivity index (χ4n) is 5.30. The normalized spacial score (nSPS) is 16.4. The molecule has 0 saturated carbocycles. The molecule has 0 unspecified atom stereocenters. The molecule has 8 nitrogen and oxygen atoms in total. The zero-order chi connectivity index (χ0) is 30.7. The second-order valence-corrected chi connectivity index (χ2v) is 10.7. The first-order valence-electron chi connectivity index (χ1n) is 14.8. The van der Waals surface area contributed by atoms with Gasteiger partial charge in [-0.1, -0.05) is 69.2 Å². The number of benzene rings is 2. The van der Waals surface area contributed by atoms with Gasteiger partial charge in [0.1, 0.15) is 17.8 Å². The number of ether oxygens (including phenoxy) is 2. The predicted molar refractivity (Wildman–Crippen MR) is 165 cm³/mol. The molecule has 1 aliphatic heterocycles. The molecule has 2 atom stereocenters. The van der Waals surface area contributed by atoms with E-state index in [9.17, 15) is 14.4 Å². The van der Waals surface area contributed by atoms with Gasteiger partial charge < -0.3 is 14.8 Å². The number of esters is 1. The fourth-order valence-corrected chi connectivity index (χ4v) is 5.30. The van der Waals surface area contributed by atoms with E-state index in [1.54, 1.807) is 36.4 Å². The molecule has 0 spiro atoms. The summed E-state index contributed by atoms with van der Waals surface area (Å²) in [6.07, 6.45) is 5.51. The van der Waals surface area contributed by atoms with Crippen molar-refractivity contribution in [1.82, 2.24) is 15.1 Å². The fraction of sp³-hybridized carbons (Fsp3) is 0.441. The lowest BCUT2D eigenvalue weighted by atomic mass is 9.72. The molecular weight excluding hydrogens is 530 g/mol. The highest BCUT2D eigenvalue weighted by atomic mass is 16.5. The Hall–Kier alpha value is -3.91. The maximum absolute atomic E-state index is 13.5. The van der Waals surface area contributed by atoms with E-state index < -0.39 is 23.6 Å². The Labute approximate surface area is 250 Å². The van der Waals surface area contributed by atoms with Crippen molar-refractivity contribution in [2.75, 3.05) is 26.2 Å². The number of nitrogens with one attached hydrogen (secondary N) is 1. The molecule has 0 bridgehead atoms. The highest BCUT2D eigenvalue weighted by Gasteiger charge is 2.63. The van der Waals surface area contributed by atoms with Crippen LogP contribution in [-0.4, -0.2) is 60.2 Å². The van der Waals surface area contributed by atoms with E-state index in [4.69, 9.17) is 9.47 Å². The number of urea groups is 1. The summed E-state index contributed by atoms with van der Waals surface area (Å²) in [5, 5.41) is 3.07. The molecule has 1 N–H and O–H groups in total. The molecule has 8 heteroatoms. The summed E-state index contributed by atoms with van der Waals surface area (Å²) < 4.78 is 11.7. The van der Waals surface area contributed by atoms with Crippen LogP contribution in [0.5, 0.6) is 5.75 Å². The molecule has 3 amide bonds. The number of hydrogen-bond donors (Lipinski definition) is 1. The number of rotatable bonds is 16. The van der Waals surface area contributed by atoms with Crippen LogP contribution < -0.4 is 10.1 Å². The van der Waals surface area contributed by atoms with E-state index in [0.29, 0.717) is 43.8 Å². The number of amides is 3. The zero-order valence-corrected chi connectivity index (χ0v) is 25.4. The van der Waals surface area contributed by atoms with E-state index in [1.165, 1.54) is 4.90 Å². The average Bonchev–Trinajstić information content (AvgIpc) is 2.98. The van der Waals surface area contributed by atoms with Crippen molar-refractivity contribution in [3.05, 3.63) is 90.5 Å². The van der Waals surface area contributed by atoms with Gasteiger partial charge in [0.15, 0.2) is 6.23 Å². The average molecular weight is 576 g/mol. The first-order valence-corrected chi connectivity index (χ1v) is 14.8. The molecule has 0 aliphatic carbocycles. The van der Waals surface area contributed by atoms with Gasteiger partial charge in [-0.2, -0.15) is 0 Å². The second kappa shape index (κ2) is 15.4. The van der Waals surface area contributed by atoms with Crippen molar-refractivity contribution < 1.29 is 23.9 Å². The largest absolute Gasteiger partial charge is 0.469 e. The molecule has 42 heavy (non-hydrogen) atoms. The monoisotopic (exact) mass is 575 g/mol. The Bertz CT molecular complexity index is 1210. The summed E-state index contributed by atoms with van der Waals surface area (Å²) in [5.41, 5.74) is 1.72. The lowest BCUT2D eigenvalue weighted by molar-refractivity contribution is -0.191. The standard InChI is InChI=1S/C34H45N3O5/c1-7-12-29(26-15-13-25(6)14-16-26)35-33(40)37-31(39)34(10-4,11-5)32(37)42-28-19-17-27(18-20-28)30(38)41-24-23-36(21-8-2)22-9-3/h8-9,13-20,29,32H,2-3,7,10-12,21-24H2,1,4-6H3,(H,35,40)/t29-,32+/m1/s1. The Balaban J connectivity index is 1.70. The Morgan fingerprint density at radius 2 is 1.64 bits per heavy atom. The Kier molecular flexibility index (Phi) is 11.9. The van der Waals surface area contributed by atoms with Crippen molar-refractivity contribution in [3.8, 4) is 5.75 Å². The van der Waals surface area contributed by atoms with Crippen LogP contribution in [0.4, 0.5) is 4.79 Å². The summed E-state index contributed by atoms with van der Waals surface area (Å²) in [7, 11) is 0. The Morgan fingerprint density at radius 3 is 2.19 bits per heavy atom. The minimum atomic E-state index is -0.804. The molecule has 1 fully saturated rings. The van der Waals surface area contributed by atoms with Crippen LogP contribution in [0.15, 0.2) is 73.8 Å². The Morgan fingerprint density at radius 1 is 1.02 bits per heavy atom. The van der Waals surface area contributed by atoms with E-state index in [2.05, 4.69) is 30.3 Å². The molecule has 226 valence electrons. The van der Waals surface area contributed by atoms with Crippen molar-refractivity contribution >= 4 is 17.9 Å². The highest BCUT2D eigenvalue weighted by Crippen LogP contribution is 2.46. The van der Waals surface area contributed by atoms with E-state index in [1.807, 2.05) is 45.0 Å². The van der Waals surface area contributed by atoms with Crippen molar-refractivity contribution in [3.63, 3.8) is 0 Å². The number of aryl methyl sites for hydroxylation is 1. The third kappa shape index (κ3) is 7.48. The van der Waals surface area contributed by atoms with Gasteiger partial charge in [-0.3, -0.25) is 9.69 Å². The predicted octanol–water partition coefficient (Wildman–Crippen LogP) is 6.43. The van der Waals surface area contributed by atoms with Gasteiger partial charge in [0.05, 0.1) is 11.6 Å². The van der Waals surface area contributed by atoms with Crippen LogP contribution in [0, 0.1) is 12.3 Å². The van der Waals surface area contributed by atoms with Gasteiger partial charge in [-0.05, 0) is 56.0 Å². The van der Waals surface area contributed by atoms with Crippen molar-refractivity contribution in [2.45, 2.75) is 65.6 Å². The minimum Gasteiger partial charge on any atom is -0.469 e. The second-order valence-electron chi connectivity index (χ2n) is 10.7. The molecule has 0 radical (unpaired) electrons. The van der Waals surface area contributed by atoms with Crippen LogP contribution in [0.1, 0.15) is 74.0 Å². The minimum absolute atomic E-state index is 0.222.